The number of fused-ring (bicyclic) bond motifs is 5. The molecule has 1 aromatic rings. The Morgan fingerprint density at radius 1 is 1.05 bits per heavy atom. The van der Waals surface area contributed by atoms with Gasteiger partial charge in [0.25, 0.3) is 0 Å². The summed E-state index contributed by atoms with van der Waals surface area (Å²) in [5.41, 5.74) is 1.47. The van der Waals surface area contributed by atoms with Gasteiger partial charge in [-0.25, -0.2) is 0 Å². The van der Waals surface area contributed by atoms with Crippen LogP contribution in [0, 0.1) is 23.7 Å². The van der Waals surface area contributed by atoms with Crippen molar-refractivity contribution >= 4 is 0 Å². The summed E-state index contributed by atoms with van der Waals surface area (Å²) in [4.78, 5) is 0. The maximum Gasteiger partial charge on any atom is 0.0103 e. The van der Waals surface area contributed by atoms with Gasteiger partial charge in [-0.05, 0) is 68.3 Å². The molecule has 1 N–H and O–H groups in total. The molecule has 1 heteroatoms. The molecule has 0 heterocycles. The second-order valence-corrected chi connectivity index (χ2v) is 7.52. The average molecular weight is 269 g/mol. The molecular weight excluding hydrogens is 242 g/mol. The average Bonchev–Trinajstić information content (AvgIpc) is 3.11. The molecule has 0 saturated heterocycles. The van der Waals surface area contributed by atoms with Crippen LogP contribution in [0.15, 0.2) is 30.3 Å². The number of benzene rings is 1. The van der Waals surface area contributed by atoms with E-state index in [1.807, 2.05) is 0 Å². The summed E-state index contributed by atoms with van der Waals surface area (Å²) in [6.07, 6.45) is 8.74. The number of hydrogen-bond acceptors (Lipinski definition) is 1. The Morgan fingerprint density at radius 2 is 1.85 bits per heavy atom. The number of rotatable bonds is 4. The van der Waals surface area contributed by atoms with Gasteiger partial charge in [0.05, 0.1) is 0 Å². The van der Waals surface area contributed by atoms with Gasteiger partial charge >= 0.3 is 0 Å². The smallest absolute Gasteiger partial charge is 0.0103 e. The van der Waals surface area contributed by atoms with Gasteiger partial charge < -0.3 is 5.32 Å². The van der Waals surface area contributed by atoms with E-state index in [-0.39, 0.29) is 0 Å². The molecule has 108 valence electrons. The van der Waals surface area contributed by atoms with Crippen molar-refractivity contribution in [1.29, 1.82) is 0 Å². The molecule has 2 bridgehead atoms. The van der Waals surface area contributed by atoms with Crippen LogP contribution >= 0.6 is 0 Å². The van der Waals surface area contributed by atoms with Crippen LogP contribution in [-0.4, -0.2) is 12.1 Å². The van der Waals surface area contributed by atoms with E-state index in [2.05, 4.69) is 42.6 Å². The summed E-state index contributed by atoms with van der Waals surface area (Å²) < 4.78 is 0. The van der Waals surface area contributed by atoms with Crippen molar-refractivity contribution < 1.29 is 0 Å². The Bertz CT molecular complexity index is 454. The van der Waals surface area contributed by atoms with Crippen LogP contribution in [0.4, 0.5) is 0 Å². The van der Waals surface area contributed by atoms with Crippen LogP contribution in [0.3, 0.4) is 0 Å². The molecule has 6 atom stereocenters. The molecule has 0 aromatic heterocycles. The lowest BCUT2D eigenvalue weighted by molar-refractivity contribution is 0.199. The Balaban J connectivity index is 1.36. The molecule has 3 aliphatic carbocycles. The van der Waals surface area contributed by atoms with Gasteiger partial charge in [0.1, 0.15) is 0 Å². The fourth-order valence-corrected chi connectivity index (χ4v) is 5.65. The maximum absolute atomic E-state index is 3.97. The molecule has 0 spiro atoms. The highest BCUT2D eigenvalue weighted by Crippen LogP contribution is 2.58. The van der Waals surface area contributed by atoms with Crippen LogP contribution in [0.5, 0.6) is 0 Å². The van der Waals surface area contributed by atoms with Gasteiger partial charge in [0.2, 0.25) is 0 Å². The highest BCUT2D eigenvalue weighted by molar-refractivity contribution is 5.16. The second-order valence-electron chi connectivity index (χ2n) is 7.52. The van der Waals surface area contributed by atoms with Crippen molar-refractivity contribution in [2.45, 2.75) is 57.5 Å². The molecule has 0 aliphatic heterocycles. The third kappa shape index (κ3) is 2.20. The van der Waals surface area contributed by atoms with Crippen LogP contribution in [0.25, 0.3) is 0 Å². The summed E-state index contributed by atoms with van der Waals surface area (Å²) in [7, 11) is 0. The molecule has 0 amide bonds. The van der Waals surface area contributed by atoms with Crippen molar-refractivity contribution in [2.75, 3.05) is 0 Å². The SMILES string of the molecule is CC(Cc1ccccc1)NC1CC2CC1C1CCCC21. The topological polar surface area (TPSA) is 12.0 Å². The summed E-state index contributed by atoms with van der Waals surface area (Å²) in [6, 6.07) is 12.4. The van der Waals surface area contributed by atoms with Gasteiger partial charge in [-0.1, -0.05) is 36.8 Å². The molecule has 0 radical (unpaired) electrons. The fraction of sp³-hybridized carbons (Fsp3) is 0.684. The first-order chi connectivity index (χ1) is 9.81. The standard InChI is InChI=1S/C19H27N/c1-13(10-14-6-3-2-4-7-14)20-19-12-15-11-18(19)17-9-5-8-16(15)17/h2-4,6-7,13,15-20H,5,8-12H2,1H3. The van der Waals surface area contributed by atoms with Crippen molar-refractivity contribution in [1.82, 2.24) is 5.32 Å². The van der Waals surface area contributed by atoms with E-state index in [0.29, 0.717) is 6.04 Å². The van der Waals surface area contributed by atoms with Gasteiger partial charge in [0, 0.05) is 12.1 Å². The molecule has 20 heavy (non-hydrogen) atoms. The zero-order chi connectivity index (χ0) is 13.5. The third-order valence-corrected chi connectivity index (χ3v) is 6.31. The quantitative estimate of drug-likeness (QED) is 0.870. The Morgan fingerprint density at radius 3 is 2.70 bits per heavy atom. The monoisotopic (exact) mass is 269 g/mol. The van der Waals surface area contributed by atoms with Crippen LogP contribution in [0.1, 0.15) is 44.6 Å². The van der Waals surface area contributed by atoms with Crippen LogP contribution in [0.2, 0.25) is 0 Å². The molecule has 3 aliphatic rings. The highest BCUT2D eigenvalue weighted by Gasteiger charge is 2.53. The molecule has 6 unspecified atom stereocenters. The molecule has 3 fully saturated rings. The van der Waals surface area contributed by atoms with Gasteiger partial charge in [-0.15, -0.1) is 0 Å². The number of nitrogens with one attached hydrogen (secondary N) is 1. The summed E-state index contributed by atoms with van der Waals surface area (Å²) >= 11 is 0. The van der Waals surface area contributed by atoms with E-state index in [1.165, 1.54) is 44.1 Å². The van der Waals surface area contributed by atoms with E-state index in [9.17, 15) is 0 Å². The zero-order valence-electron chi connectivity index (χ0n) is 12.6. The lowest BCUT2D eigenvalue weighted by Crippen LogP contribution is -2.44. The second kappa shape index (κ2) is 5.18. The van der Waals surface area contributed by atoms with E-state index in [4.69, 9.17) is 0 Å². The highest BCUT2D eigenvalue weighted by atomic mass is 15.0. The third-order valence-electron chi connectivity index (χ3n) is 6.31. The largest absolute Gasteiger partial charge is 0.311 e. The Kier molecular flexibility index (Phi) is 3.34. The van der Waals surface area contributed by atoms with Gasteiger partial charge in [-0.3, -0.25) is 0 Å². The zero-order valence-corrected chi connectivity index (χ0v) is 12.6. The molecular formula is C19H27N. The summed E-state index contributed by atoms with van der Waals surface area (Å²) in [5, 5.41) is 3.97. The van der Waals surface area contributed by atoms with E-state index in [0.717, 1.165) is 29.7 Å². The fourth-order valence-electron chi connectivity index (χ4n) is 5.65. The van der Waals surface area contributed by atoms with Crippen LogP contribution in [-0.2, 0) is 6.42 Å². The minimum absolute atomic E-state index is 0.613. The molecule has 1 aromatic carbocycles. The van der Waals surface area contributed by atoms with E-state index >= 15 is 0 Å². The molecule has 3 saturated carbocycles. The lowest BCUT2D eigenvalue weighted by atomic mass is 9.79. The minimum atomic E-state index is 0.613. The first-order valence-electron chi connectivity index (χ1n) is 8.61. The Hall–Kier alpha value is -0.820. The Labute approximate surface area is 123 Å². The molecule has 4 rings (SSSR count). The first kappa shape index (κ1) is 12.9. The first-order valence-corrected chi connectivity index (χ1v) is 8.61. The van der Waals surface area contributed by atoms with E-state index < -0.39 is 0 Å². The van der Waals surface area contributed by atoms with Gasteiger partial charge in [0.15, 0.2) is 0 Å². The van der Waals surface area contributed by atoms with Crippen molar-refractivity contribution in [3.8, 4) is 0 Å². The van der Waals surface area contributed by atoms with Gasteiger partial charge in [-0.2, -0.15) is 0 Å². The summed E-state index contributed by atoms with van der Waals surface area (Å²) in [5.74, 6) is 4.26. The predicted molar refractivity (Wildman–Crippen MR) is 83.6 cm³/mol. The lowest BCUT2D eigenvalue weighted by Gasteiger charge is -2.34. The normalized spacial score (nSPS) is 40.0. The predicted octanol–water partition coefficient (Wildman–Crippen LogP) is 4.03. The maximum atomic E-state index is 3.97. The number of hydrogen-bond donors (Lipinski definition) is 1. The minimum Gasteiger partial charge on any atom is -0.311 e. The van der Waals surface area contributed by atoms with Crippen molar-refractivity contribution in [3.63, 3.8) is 0 Å². The van der Waals surface area contributed by atoms with Crippen molar-refractivity contribution in [2.24, 2.45) is 23.7 Å². The van der Waals surface area contributed by atoms with E-state index in [1.54, 1.807) is 0 Å². The summed E-state index contributed by atoms with van der Waals surface area (Å²) in [6.45, 7) is 2.37. The van der Waals surface area contributed by atoms with Crippen molar-refractivity contribution in [3.05, 3.63) is 35.9 Å². The van der Waals surface area contributed by atoms with Crippen LogP contribution < -0.4 is 5.32 Å². The molecule has 1 nitrogen and oxygen atoms in total.